The Balaban J connectivity index is 1.86. The Bertz CT molecular complexity index is 265. The fourth-order valence-corrected chi connectivity index (χ4v) is 4.43. The fraction of sp³-hybridized carbons (Fsp3) is 0.929. The molecule has 1 atom stereocenters. The highest BCUT2D eigenvalue weighted by Gasteiger charge is 2.38. The highest BCUT2D eigenvalue weighted by molar-refractivity contribution is 7.99. The Morgan fingerprint density at radius 3 is 2.83 bits per heavy atom. The number of carbonyl (C=O) groups excluding carboxylic acids is 1. The zero-order valence-corrected chi connectivity index (χ0v) is 12.3. The zero-order chi connectivity index (χ0) is 12.8. The number of carbonyl (C=O) groups is 1. The minimum atomic E-state index is -0.0776. The van der Waals surface area contributed by atoms with Crippen LogP contribution in [0.15, 0.2) is 0 Å². The standard InChI is InChI=1S/C14H26N2OS/c1-2-4-14(5-7-15-8-6-14)13(17)16-10-12-3-9-18-11-12/h12,15H,2-11H2,1H3,(H,16,17). The summed E-state index contributed by atoms with van der Waals surface area (Å²) in [6.45, 7) is 5.06. The third kappa shape index (κ3) is 3.41. The van der Waals surface area contributed by atoms with E-state index >= 15 is 0 Å². The zero-order valence-electron chi connectivity index (χ0n) is 11.5. The van der Waals surface area contributed by atoms with Crippen LogP contribution in [0.2, 0.25) is 0 Å². The lowest BCUT2D eigenvalue weighted by Crippen LogP contribution is -2.48. The molecule has 3 nitrogen and oxygen atoms in total. The maximum absolute atomic E-state index is 12.5. The van der Waals surface area contributed by atoms with Crippen LogP contribution in [0.5, 0.6) is 0 Å². The van der Waals surface area contributed by atoms with Crippen molar-refractivity contribution < 1.29 is 4.79 Å². The minimum absolute atomic E-state index is 0.0776. The van der Waals surface area contributed by atoms with Crippen molar-refractivity contribution in [2.75, 3.05) is 31.1 Å². The van der Waals surface area contributed by atoms with E-state index in [9.17, 15) is 4.79 Å². The molecule has 2 heterocycles. The quantitative estimate of drug-likeness (QED) is 0.803. The maximum Gasteiger partial charge on any atom is 0.226 e. The molecule has 0 aromatic rings. The van der Waals surface area contributed by atoms with Gasteiger partial charge in [-0.2, -0.15) is 11.8 Å². The number of amides is 1. The van der Waals surface area contributed by atoms with Crippen LogP contribution in [0, 0.1) is 11.3 Å². The number of nitrogens with one attached hydrogen (secondary N) is 2. The van der Waals surface area contributed by atoms with Crippen molar-refractivity contribution in [3.8, 4) is 0 Å². The molecule has 0 radical (unpaired) electrons. The Hall–Kier alpha value is -0.220. The molecular weight excluding hydrogens is 244 g/mol. The lowest BCUT2D eigenvalue weighted by molar-refractivity contribution is -0.133. The molecule has 1 unspecified atom stereocenters. The topological polar surface area (TPSA) is 41.1 Å². The molecule has 0 aromatic heterocycles. The van der Waals surface area contributed by atoms with Crippen molar-refractivity contribution in [1.82, 2.24) is 10.6 Å². The first-order valence-corrected chi connectivity index (χ1v) is 8.49. The molecule has 0 saturated carbocycles. The fourth-order valence-electron chi connectivity index (χ4n) is 3.14. The Morgan fingerprint density at radius 1 is 1.44 bits per heavy atom. The maximum atomic E-state index is 12.5. The van der Waals surface area contributed by atoms with Crippen LogP contribution in [0.1, 0.15) is 39.0 Å². The molecular formula is C14H26N2OS. The monoisotopic (exact) mass is 270 g/mol. The predicted octanol–water partition coefficient (Wildman–Crippen LogP) is 2.03. The Kier molecular flexibility index (Phi) is 5.37. The van der Waals surface area contributed by atoms with Gasteiger partial charge in [-0.05, 0) is 56.2 Å². The van der Waals surface area contributed by atoms with Gasteiger partial charge in [0.05, 0.1) is 5.41 Å². The van der Waals surface area contributed by atoms with E-state index in [1.807, 2.05) is 11.8 Å². The number of piperidine rings is 1. The molecule has 18 heavy (non-hydrogen) atoms. The normalized spacial score (nSPS) is 27.1. The van der Waals surface area contributed by atoms with Crippen LogP contribution in [-0.4, -0.2) is 37.0 Å². The Labute approximate surface area is 115 Å². The number of thioether (sulfide) groups is 1. The van der Waals surface area contributed by atoms with Crippen molar-refractivity contribution in [2.45, 2.75) is 39.0 Å². The first-order valence-electron chi connectivity index (χ1n) is 7.33. The van der Waals surface area contributed by atoms with Gasteiger partial charge in [0.15, 0.2) is 0 Å². The first kappa shape index (κ1) is 14.2. The minimum Gasteiger partial charge on any atom is -0.355 e. The van der Waals surface area contributed by atoms with Gasteiger partial charge in [0.2, 0.25) is 5.91 Å². The van der Waals surface area contributed by atoms with Gasteiger partial charge in [0.1, 0.15) is 0 Å². The van der Waals surface area contributed by atoms with Gasteiger partial charge in [0.25, 0.3) is 0 Å². The lowest BCUT2D eigenvalue weighted by Gasteiger charge is -2.36. The van der Waals surface area contributed by atoms with E-state index in [-0.39, 0.29) is 5.41 Å². The molecule has 0 spiro atoms. The van der Waals surface area contributed by atoms with Gasteiger partial charge in [-0.25, -0.2) is 0 Å². The molecule has 1 amide bonds. The summed E-state index contributed by atoms with van der Waals surface area (Å²) < 4.78 is 0. The van der Waals surface area contributed by atoms with Gasteiger partial charge >= 0.3 is 0 Å². The van der Waals surface area contributed by atoms with E-state index < -0.39 is 0 Å². The van der Waals surface area contributed by atoms with Gasteiger partial charge in [-0.15, -0.1) is 0 Å². The van der Waals surface area contributed by atoms with E-state index in [1.165, 1.54) is 17.9 Å². The highest BCUT2D eigenvalue weighted by atomic mass is 32.2. The van der Waals surface area contributed by atoms with Crippen LogP contribution >= 0.6 is 11.8 Å². The molecule has 104 valence electrons. The van der Waals surface area contributed by atoms with Crippen LogP contribution in [0.25, 0.3) is 0 Å². The van der Waals surface area contributed by atoms with E-state index in [1.54, 1.807) is 0 Å². The molecule has 2 N–H and O–H groups in total. The van der Waals surface area contributed by atoms with Crippen molar-refractivity contribution in [3.63, 3.8) is 0 Å². The summed E-state index contributed by atoms with van der Waals surface area (Å²) in [5, 5.41) is 6.61. The van der Waals surface area contributed by atoms with Gasteiger partial charge in [-0.3, -0.25) is 4.79 Å². The van der Waals surface area contributed by atoms with E-state index in [2.05, 4.69) is 17.6 Å². The van der Waals surface area contributed by atoms with E-state index in [4.69, 9.17) is 0 Å². The van der Waals surface area contributed by atoms with Gasteiger partial charge < -0.3 is 10.6 Å². The average molecular weight is 270 g/mol. The summed E-state index contributed by atoms with van der Waals surface area (Å²) in [6, 6.07) is 0. The predicted molar refractivity (Wildman–Crippen MR) is 77.9 cm³/mol. The van der Waals surface area contributed by atoms with Gasteiger partial charge in [0, 0.05) is 6.54 Å². The molecule has 0 aliphatic carbocycles. The highest BCUT2D eigenvalue weighted by Crippen LogP contribution is 2.34. The van der Waals surface area contributed by atoms with Crippen LogP contribution < -0.4 is 10.6 Å². The molecule has 4 heteroatoms. The van der Waals surface area contributed by atoms with Crippen molar-refractivity contribution in [3.05, 3.63) is 0 Å². The molecule has 2 aliphatic rings. The number of hydrogen-bond donors (Lipinski definition) is 2. The van der Waals surface area contributed by atoms with E-state index in [0.717, 1.165) is 45.3 Å². The summed E-state index contributed by atoms with van der Waals surface area (Å²) in [7, 11) is 0. The largest absolute Gasteiger partial charge is 0.355 e. The van der Waals surface area contributed by atoms with Crippen molar-refractivity contribution in [2.24, 2.45) is 11.3 Å². The summed E-state index contributed by atoms with van der Waals surface area (Å²) in [4.78, 5) is 12.5. The smallest absolute Gasteiger partial charge is 0.226 e. The SMILES string of the molecule is CCCC1(C(=O)NCC2CCSC2)CCNCC1. The molecule has 0 bridgehead atoms. The van der Waals surface area contributed by atoms with Crippen LogP contribution in [0.4, 0.5) is 0 Å². The third-order valence-electron chi connectivity index (χ3n) is 4.35. The first-order chi connectivity index (χ1) is 8.77. The number of hydrogen-bond acceptors (Lipinski definition) is 3. The molecule has 2 saturated heterocycles. The summed E-state index contributed by atoms with van der Waals surface area (Å²) >= 11 is 2.02. The van der Waals surface area contributed by atoms with Crippen molar-refractivity contribution in [1.29, 1.82) is 0 Å². The molecule has 2 aliphatic heterocycles. The lowest BCUT2D eigenvalue weighted by atomic mass is 9.74. The van der Waals surface area contributed by atoms with Crippen LogP contribution in [0.3, 0.4) is 0 Å². The summed E-state index contributed by atoms with van der Waals surface area (Å²) in [5.41, 5.74) is -0.0776. The second-order valence-corrected chi connectivity index (χ2v) is 6.87. The average Bonchev–Trinajstić information content (AvgIpc) is 2.90. The molecule has 2 fully saturated rings. The Morgan fingerprint density at radius 2 is 2.22 bits per heavy atom. The van der Waals surface area contributed by atoms with Gasteiger partial charge in [-0.1, -0.05) is 13.3 Å². The second kappa shape index (κ2) is 6.80. The molecule has 0 aromatic carbocycles. The third-order valence-corrected chi connectivity index (χ3v) is 5.58. The molecule has 2 rings (SSSR count). The number of rotatable bonds is 5. The van der Waals surface area contributed by atoms with Crippen molar-refractivity contribution >= 4 is 17.7 Å². The van der Waals surface area contributed by atoms with E-state index in [0.29, 0.717) is 11.8 Å². The summed E-state index contributed by atoms with van der Waals surface area (Å²) in [5.74, 6) is 3.52. The van der Waals surface area contributed by atoms with Crippen LogP contribution in [-0.2, 0) is 4.79 Å². The summed E-state index contributed by atoms with van der Waals surface area (Å²) in [6.07, 6.45) is 5.43. The second-order valence-electron chi connectivity index (χ2n) is 5.72.